The molecule has 1 aromatic carbocycles. The van der Waals surface area contributed by atoms with E-state index in [0.717, 1.165) is 11.1 Å². The molecule has 1 aromatic heterocycles. The number of amides is 3. The molecule has 1 fully saturated rings. The summed E-state index contributed by atoms with van der Waals surface area (Å²) in [5.74, 6) is -0.929. The molecule has 1 aliphatic rings. The van der Waals surface area contributed by atoms with Crippen molar-refractivity contribution in [3.8, 4) is 0 Å². The smallest absolute Gasteiger partial charge is 0.407 e. The number of hydrogen-bond acceptors (Lipinski definition) is 6. The van der Waals surface area contributed by atoms with Gasteiger partial charge in [0.05, 0.1) is 6.04 Å². The highest BCUT2D eigenvalue weighted by Crippen LogP contribution is 2.20. The summed E-state index contributed by atoms with van der Waals surface area (Å²) in [5, 5.41) is 15.6. The van der Waals surface area contributed by atoms with Gasteiger partial charge >= 0.3 is 6.09 Å². The van der Waals surface area contributed by atoms with Crippen LogP contribution >= 0.6 is 0 Å². The first-order valence-corrected chi connectivity index (χ1v) is 10.1. The van der Waals surface area contributed by atoms with Gasteiger partial charge < -0.3 is 25.4 Å². The summed E-state index contributed by atoms with van der Waals surface area (Å²) in [4.78, 5) is 42.2. The third-order valence-electron chi connectivity index (χ3n) is 5.04. The van der Waals surface area contributed by atoms with Gasteiger partial charge in [0, 0.05) is 25.5 Å². The van der Waals surface area contributed by atoms with Gasteiger partial charge in [-0.2, -0.15) is 0 Å². The SMILES string of the molecule is O=C(NCC(=O)N1CCCC1C(O)C(=O)NCc1cccnc1)OCc1ccccc1. The zero-order valence-corrected chi connectivity index (χ0v) is 17.1. The molecular weight excluding hydrogens is 400 g/mol. The van der Waals surface area contributed by atoms with Crippen LogP contribution in [0.5, 0.6) is 0 Å². The van der Waals surface area contributed by atoms with Crippen LogP contribution in [0, 0.1) is 0 Å². The topological polar surface area (TPSA) is 121 Å². The highest BCUT2D eigenvalue weighted by molar-refractivity contribution is 5.85. The maximum Gasteiger partial charge on any atom is 0.407 e. The number of hydrogen-bond donors (Lipinski definition) is 3. The molecule has 3 rings (SSSR count). The molecule has 0 bridgehead atoms. The third kappa shape index (κ3) is 6.51. The van der Waals surface area contributed by atoms with Gasteiger partial charge in [-0.05, 0) is 30.0 Å². The fraction of sp³-hybridized carbons (Fsp3) is 0.364. The van der Waals surface area contributed by atoms with Crippen molar-refractivity contribution >= 4 is 17.9 Å². The molecule has 0 aliphatic carbocycles. The minimum absolute atomic E-state index is 0.100. The minimum atomic E-state index is -1.35. The van der Waals surface area contributed by atoms with Gasteiger partial charge in [0.25, 0.3) is 5.91 Å². The van der Waals surface area contributed by atoms with Gasteiger partial charge in [-0.15, -0.1) is 0 Å². The van der Waals surface area contributed by atoms with Crippen LogP contribution in [0.2, 0.25) is 0 Å². The second-order valence-corrected chi connectivity index (χ2v) is 7.24. The molecule has 2 heterocycles. The van der Waals surface area contributed by atoms with Crippen LogP contribution in [0.25, 0.3) is 0 Å². The van der Waals surface area contributed by atoms with Crippen molar-refractivity contribution < 1.29 is 24.2 Å². The predicted octanol–water partition coefficient (Wildman–Crippen LogP) is 0.976. The standard InChI is InChI=1S/C22H26N4O5/c27-19(14-25-22(30)31-15-16-6-2-1-3-7-16)26-11-5-9-18(26)20(28)21(29)24-13-17-8-4-10-23-12-17/h1-4,6-8,10,12,18,20,28H,5,9,11,13-15H2,(H,24,29)(H,25,30). The van der Waals surface area contributed by atoms with Crippen LogP contribution in [-0.2, 0) is 27.5 Å². The number of nitrogens with one attached hydrogen (secondary N) is 2. The van der Waals surface area contributed by atoms with Crippen molar-refractivity contribution in [3.05, 3.63) is 66.0 Å². The molecule has 2 atom stereocenters. The number of aliphatic hydroxyl groups excluding tert-OH is 1. The lowest BCUT2D eigenvalue weighted by Gasteiger charge is -2.28. The zero-order valence-electron chi connectivity index (χ0n) is 17.1. The lowest BCUT2D eigenvalue weighted by Crippen LogP contribution is -2.51. The van der Waals surface area contributed by atoms with Crippen molar-refractivity contribution in [2.24, 2.45) is 0 Å². The van der Waals surface area contributed by atoms with Gasteiger partial charge in [-0.25, -0.2) is 4.79 Å². The van der Waals surface area contributed by atoms with Crippen molar-refractivity contribution in [2.75, 3.05) is 13.1 Å². The first-order valence-electron chi connectivity index (χ1n) is 10.1. The molecule has 0 spiro atoms. The summed E-state index contributed by atoms with van der Waals surface area (Å²) >= 11 is 0. The van der Waals surface area contributed by atoms with Crippen molar-refractivity contribution in [1.29, 1.82) is 0 Å². The Kier molecular flexibility index (Phi) is 7.94. The van der Waals surface area contributed by atoms with Crippen LogP contribution in [0.15, 0.2) is 54.9 Å². The Morgan fingerprint density at radius 2 is 1.90 bits per heavy atom. The normalized spacial score (nSPS) is 16.4. The van der Waals surface area contributed by atoms with E-state index in [0.29, 0.717) is 19.4 Å². The molecule has 1 aliphatic heterocycles. The zero-order chi connectivity index (χ0) is 22.1. The van der Waals surface area contributed by atoms with Gasteiger partial charge in [0.2, 0.25) is 5.91 Å². The van der Waals surface area contributed by atoms with Crippen LogP contribution in [0.1, 0.15) is 24.0 Å². The van der Waals surface area contributed by atoms with Crippen molar-refractivity contribution in [3.63, 3.8) is 0 Å². The molecule has 0 radical (unpaired) electrons. The highest BCUT2D eigenvalue weighted by atomic mass is 16.5. The van der Waals surface area contributed by atoms with E-state index in [1.165, 1.54) is 4.90 Å². The lowest BCUT2D eigenvalue weighted by molar-refractivity contribution is -0.138. The summed E-state index contributed by atoms with van der Waals surface area (Å²) in [6.07, 6.45) is 2.37. The second-order valence-electron chi connectivity index (χ2n) is 7.24. The van der Waals surface area contributed by atoms with Gasteiger partial charge in [0.15, 0.2) is 6.10 Å². The van der Waals surface area contributed by atoms with Crippen molar-refractivity contribution in [1.82, 2.24) is 20.5 Å². The number of carbonyl (C=O) groups excluding carboxylic acids is 3. The third-order valence-corrected chi connectivity index (χ3v) is 5.04. The van der Waals surface area contributed by atoms with E-state index in [1.807, 2.05) is 36.4 Å². The first-order chi connectivity index (χ1) is 15.0. The Bertz CT molecular complexity index is 878. The molecule has 9 nitrogen and oxygen atoms in total. The number of aromatic nitrogens is 1. The van der Waals surface area contributed by atoms with E-state index in [9.17, 15) is 19.5 Å². The number of alkyl carbamates (subject to hydrolysis) is 1. The Morgan fingerprint density at radius 1 is 1.13 bits per heavy atom. The molecule has 1 saturated heterocycles. The van der Waals surface area contributed by atoms with Crippen LogP contribution in [0.4, 0.5) is 4.79 Å². The van der Waals surface area contributed by atoms with E-state index in [1.54, 1.807) is 18.5 Å². The quantitative estimate of drug-likeness (QED) is 0.579. The van der Waals surface area contributed by atoms with Gasteiger partial charge in [0.1, 0.15) is 13.2 Å². The Morgan fingerprint density at radius 3 is 2.65 bits per heavy atom. The minimum Gasteiger partial charge on any atom is -0.445 e. The first kappa shape index (κ1) is 22.2. The van der Waals surface area contributed by atoms with Crippen LogP contribution < -0.4 is 10.6 Å². The molecule has 164 valence electrons. The Hall–Kier alpha value is -3.46. The monoisotopic (exact) mass is 426 g/mol. The van der Waals surface area contributed by atoms with Crippen molar-refractivity contribution in [2.45, 2.75) is 38.1 Å². The van der Waals surface area contributed by atoms with E-state index in [4.69, 9.17) is 4.74 Å². The Labute approximate surface area is 180 Å². The van der Waals surface area contributed by atoms with E-state index in [-0.39, 0.29) is 25.6 Å². The molecule has 0 saturated carbocycles. The highest BCUT2D eigenvalue weighted by Gasteiger charge is 2.37. The number of carbonyl (C=O) groups is 3. The summed E-state index contributed by atoms with van der Waals surface area (Å²) in [5.41, 5.74) is 1.64. The molecule has 2 unspecified atom stereocenters. The molecule has 3 amide bonds. The molecule has 3 N–H and O–H groups in total. The fourth-order valence-corrected chi connectivity index (χ4v) is 3.43. The second kappa shape index (κ2) is 11.1. The lowest BCUT2D eigenvalue weighted by atomic mass is 10.1. The number of nitrogens with zero attached hydrogens (tertiary/aromatic N) is 2. The number of likely N-dealkylation sites (tertiary alicyclic amines) is 1. The van der Waals surface area contributed by atoms with E-state index >= 15 is 0 Å². The van der Waals surface area contributed by atoms with Crippen LogP contribution in [0.3, 0.4) is 0 Å². The number of ether oxygens (including phenoxy) is 1. The summed E-state index contributed by atoms with van der Waals surface area (Å²) in [6, 6.07) is 12.1. The van der Waals surface area contributed by atoms with Gasteiger partial charge in [-0.3, -0.25) is 14.6 Å². The fourth-order valence-electron chi connectivity index (χ4n) is 3.43. The molecule has 31 heavy (non-hydrogen) atoms. The average Bonchev–Trinajstić information content (AvgIpc) is 3.30. The molecule has 9 heteroatoms. The maximum atomic E-state index is 12.5. The largest absolute Gasteiger partial charge is 0.445 e. The average molecular weight is 426 g/mol. The van der Waals surface area contributed by atoms with Gasteiger partial charge in [-0.1, -0.05) is 36.4 Å². The van der Waals surface area contributed by atoms with E-state index < -0.39 is 24.1 Å². The summed E-state index contributed by atoms with van der Waals surface area (Å²) < 4.78 is 5.09. The number of rotatable bonds is 8. The summed E-state index contributed by atoms with van der Waals surface area (Å²) in [6.45, 7) is 0.480. The maximum absolute atomic E-state index is 12.5. The number of pyridine rings is 1. The summed E-state index contributed by atoms with van der Waals surface area (Å²) in [7, 11) is 0. The Balaban J connectivity index is 1.44. The van der Waals surface area contributed by atoms with E-state index in [2.05, 4.69) is 15.6 Å². The van der Waals surface area contributed by atoms with Crippen LogP contribution in [-0.4, -0.2) is 58.1 Å². The molecule has 2 aromatic rings. The predicted molar refractivity (Wildman–Crippen MR) is 111 cm³/mol. The number of benzene rings is 1. The number of aliphatic hydroxyl groups is 1. The molecular formula is C22H26N4O5.